The quantitative estimate of drug-likeness (QED) is 0.699. The summed E-state index contributed by atoms with van der Waals surface area (Å²) in [7, 11) is 1.80. The highest BCUT2D eigenvalue weighted by Crippen LogP contribution is 2.21. The zero-order chi connectivity index (χ0) is 11.3. The first-order chi connectivity index (χ1) is 7.03. The van der Waals surface area contributed by atoms with Gasteiger partial charge in [0.25, 0.3) is 0 Å². The van der Waals surface area contributed by atoms with Crippen LogP contribution in [0.2, 0.25) is 0 Å². The third kappa shape index (κ3) is 4.47. The molecule has 0 bridgehead atoms. The van der Waals surface area contributed by atoms with Gasteiger partial charge in [-0.25, -0.2) is 4.99 Å². The molecule has 0 aromatic rings. The van der Waals surface area contributed by atoms with E-state index in [0.717, 1.165) is 17.2 Å². The smallest absolute Gasteiger partial charge is 0.122 e. The Bertz CT molecular complexity index is 330. The summed E-state index contributed by atoms with van der Waals surface area (Å²) in [6.45, 7) is 6.69. The molecule has 3 heteroatoms. The van der Waals surface area contributed by atoms with Gasteiger partial charge in [0, 0.05) is 7.05 Å². The van der Waals surface area contributed by atoms with Crippen LogP contribution in [0.15, 0.2) is 33.9 Å². The zero-order valence-electron chi connectivity index (χ0n) is 9.82. The number of hydrogen-bond acceptors (Lipinski definition) is 3. The Morgan fingerprint density at radius 1 is 1.47 bits per heavy atom. The van der Waals surface area contributed by atoms with Crippen molar-refractivity contribution in [1.82, 2.24) is 0 Å². The molecule has 0 aromatic carbocycles. The minimum atomic E-state index is 0.352. The molecule has 1 heterocycles. The second kappa shape index (κ2) is 5.31. The minimum Gasteiger partial charge on any atom is -0.279 e. The normalized spacial score (nSPS) is 22.4. The Balaban J connectivity index is 2.54. The Morgan fingerprint density at radius 3 is 2.80 bits per heavy atom. The molecule has 0 spiro atoms. The van der Waals surface area contributed by atoms with Crippen molar-refractivity contribution in [2.75, 3.05) is 7.05 Å². The van der Waals surface area contributed by atoms with Crippen molar-refractivity contribution in [3.05, 3.63) is 23.9 Å². The highest BCUT2D eigenvalue weighted by molar-refractivity contribution is 8.25. The fourth-order valence-corrected chi connectivity index (χ4v) is 1.72. The first kappa shape index (κ1) is 12.2. The fourth-order valence-electron chi connectivity index (χ4n) is 1.11. The van der Waals surface area contributed by atoms with Gasteiger partial charge in [0.2, 0.25) is 0 Å². The molecule has 0 radical (unpaired) electrons. The number of aliphatic imine (C=N–C) groups is 2. The van der Waals surface area contributed by atoms with E-state index >= 15 is 0 Å². The van der Waals surface area contributed by atoms with Gasteiger partial charge < -0.3 is 0 Å². The Hall–Kier alpha value is -0.830. The highest BCUT2D eigenvalue weighted by atomic mass is 32.2. The van der Waals surface area contributed by atoms with E-state index in [1.165, 1.54) is 0 Å². The van der Waals surface area contributed by atoms with Crippen LogP contribution in [0.25, 0.3) is 0 Å². The van der Waals surface area contributed by atoms with Crippen molar-refractivity contribution in [2.24, 2.45) is 15.4 Å². The lowest BCUT2D eigenvalue weighted by molar-refractivity contribution is 0.420. The maximum atomic E-state index is 4.24. The predicted molar refractivity (Wildman–Crippen MR) is 70.7 cm³/mol. The van der Waals surface area contributed by atoms with E-state index in [4.69, 9.17) is 0 Å². The van der Waals surface area contributed by atoms with E-state index in [1.54, 1.807) is 18.8 Å². The van der Waals surface area contributed by atoms with E-state index < -0.39 is 0 Å². The van der Waals surface area contributed by atoms with Crippen LogP contribution in [0.1, 0.15) is 27.2 Å². The molecule has 82 valence electrons. The van der Waals surface area contributed by atoms with Gasteiger partial charge in [-0.05, 0) is 17.9 Å². The minimum absolute atomic E-state index is 0.352. The standard InChI is InChI=1S/C12H18N2S/c1-12(2,3)8-6-5-7-10-11(13-4)15-9-14-10/h5-7,9H,8H2,1-4H3/b6-5-,10-7+,13-11?. The number of allylic oxidation sites excluding steroid dienone is 3. The molecular weight excluding hydrogens is 204 g/mol. The summed E-state index contributed by atoms with van der Waals surface area (Å²) >= 11 is 1.57. The Morgan fingerprint density at radius 2 is 2.20 bits per heavy atom. The van der Waals surface area contributed by atoms with Crippen molar-refractivity contribution in [1.29, 1.82) is 0 Å². The molecule has 0 saturated heterocycles. The Kier molecular flexibility index (Phi) is 4.33. The van der Waals surface area contributed by atoms with Crippen LogP contribution >= 0.6 is 11.8 Å². The molecule has 1 aliphatic rings. The predicted octanol–water partition coefficient (Wildman–Crippen LogP) is 3.67. The average molecular weight is 222 g/mol. The van der Waals surface area contributed by atoms with Gasteiger partial charge in [-0.1, -0.05) is 44.7 Å². The fraction of sp³-hybridized carbons (Fsp3) is 0.500. The lowest BCUT2D eigenvalue weighted by Crippen LogP contribution is -2.01. The largest absolute Gasteiger partial charge is 0.279 e. The topological polar surface area (TPSA) is 24.7 Å². The molecule has 0 aliphatic carbocycles. The molecule has 0 fully saturated rings. The van der Waals surface area contributed by atoms with E-state index in [2.05, 4.69) is 42.9 Å². The van der Waals surface area contributed by atoms with Gasteiger partial charge in [-0.2, -0.15) is 0 Å². The second-order valence-corrected chi connectivity index (χ2v) is 5.46. The summed E-state index contributed by atoms with van der Waals surface area (Å²) in [5, 5.41) is 0.996. The molecule has 1 aliphatic heterocycles. The van der Waals surface area contributed by atoms with E-state index in [1.807, 2.05) is 11.6 Å². The van der Waals surface area contributed by atoms with E-state index in [-0.39, 0.29) is 0 Å². The first-order valence-electron chi connectivity index (χ1n) is 5.06. The molecule has 1 rings (SSSR count). The molecule has 0 N–H and O–H groups in total. The van der Waals surface area contributed by atoms with Gasteiger partial charge >= 0.3 is 0 Å². The number of nitrogens with zero attached hydrogens (tertiary/aromatic N) is 2. The second-order valence-electron chi connectivity index (χ2n) is 4.63. The number of thioether (sulfide) groups is 1. The van der Waals surface area contributed by atoms with Crippen LogP contribution in [-0.4, -0.2) is 17.6 Å². The molecular formula is C12H18N2S. The van der Waals surface area contributed by atoms with Crippen molar-refractivity contribution >= 4 is 22.4 Å². The summed E-state index contributed by atoms with van der Waals surface area (Å²) in [6, 6.07) is 0. The molecule has 15 heavy (non-hydrogen) atoms. The SMILES string of the molecule is CN=C1SC=N/C1=C/C=C\CC(C)(C)C. The summed E-state index contributed by atoms with van der Waals surface area (Å²) < 4.78 is 0. The first-order valence-corrected chi connectivity index (χ1v) is 5.94. The van der Waals surface area contributed by atoms with E-state index in [9.17, 15) is 0 Å². The van der Waals surface area contributed by atoms with Crippen molar-refractivity contribution in [3.63, 3.8) is 0 Å². The molecule has 2 nitrogen and oxygen atoms in total. The van der Waals surface area contributed by atoms with Crippen molar-refractivity contribution < 1.29 is 0 Å². The maximum Gasteiger partial charge on any atom is 0.122 e. The van der Waals surface area contributed by atoms with Gasteiger partial charge in [-0.15, -0.1) is 0 Å². The van der Waals surface area contributed by atoms with Crippen LogP contribution in [0, 0.1) is 5.41 Å². The van der Waals surface area contributed by atoms with Crippen molar-refractivity contribution in [2.45, 2.75) is 27.2 Å². The monoisotopic (exact) mass is 222 g/mol. The third-order valence-corrected chi connectivity index (χ3v) is 2.72. The van der Waals surface area contributed by atoms with Crippen LogP contribution in [-0.2, 0) is 0 Å². The van der Waals surface area contributed by atoms with Gasteiger partial charge in [0.15, 0.2) is 0 Å². The van der Waals surface area contributed by atoms with Crippen LogP contribution < -0.4 is 0 Å². The lowest BCUT2D eigenvalue weighted by atomic mass is 9.92. The van der Waals surface area contributed by atoms with Crippen LogP contribution in [0.3, 0.4) is 0 Å². The van der Waals surface area contributed by atoms with Gasteiger partial charge in [0.1, 0.15) is 5.04 Å². The third-order valence-electron chi connectivity index (χ3n) is 1.90. The molecule has 0 saturated carbocycles. The zero-order valence-corrected chi connectivity index (χ0v) is 10.6. The average Bonchev–Trinajstić information content (AvgIpc) is 2.58. The van der Waals surface area contributed by atoms with Crippen molar-refractivity contribution in [3.8, 4) is 0 Å². The molecule has 0 atom stereocenters. The molecule has 0 amide bonds. The summed E-state index contributed by atoms with van der Waals surface area (Å²) in [4.78, 5) is 8.39. The summed E-state index contributed by atoms with van der Waals surface area (Å²) in [6.07, 6.45) is 7.34. The lowest BCUT2D eigenvalue weighted by Gasteiger charge is -2.14. The van der Waals surface area contributed by atoms with Gasteiger partial charge in [-0.3, -0.25) is 4.99 Å². The van der Waals surface area contributed by atoms with E-state index in [0.29, 0.717) is 5.41 Å². The maximum absolute atomic E-state index is 4.24. The number of rotatable bonds is 2. The number of hydrogen-bond donors (Lipinski definition) is 0. The molecule has 0 aromatic heterocycles. The van der Waals surface area contributed by atoms with Gasteiger partial charge in [0.05, 0.1) is 11.2 Å². The summed E-state index contributed by atoms with van der Waals surface area (Å²) in [5.41, 5.74) is 3.14. The Labute approximate surface area is 96.3 Å². The highest BCUT2D eigenvalue weighted by Gasteiger charge is 2.09. The summed E-state index contributed by atoms with van der Waals surface area (Å²) in [5.74, 6) is 0. The van der Waals surface area contributed by atoms with Crippen LogP contribution in [0.4, 0.5) is 0 Å². The molecule has 0 unspecified atom stereocenters. The van der Waals surface area contributed by atoms with Crippen LogP contribution in [0.5, 0.6) is 0 Å².